The quantitative estimate of drug-likeness (QED) is 0.485. The molecule has 4 nitrogen and oxygen atoms in total. The summed E-state index contributed by atoms with van der Waals surface area (Å²) in [6.45, 7) is 2.07. The van der Waals surface area contributed by atoms with E-state index in [1.54, 1.807) is 0 Å². The van der Waals surface area contributed by atoms with Gasteiger partial charge in [-0.25, -0.2) is 0 Å². The highest BCUT2D eigenvalue weighted by molar-refractivity contribution is 5.80. The van der Waals surface area contributed by atoms with E-state index >= 15 is 0 Å². The summed E-state index contributed by atoms with van der Waals surface area (Å²) in [7, 11) is 0. The van der Waals surface area contributed by atoms with Crippen molar-refractivity contribution in [2.24, 2.45) is 11.5 Å². The molecular formula is C8H18N2O2. The Morgan fingerprint density at radius 2 is 2.08 bits per heavy atom. The van der Waals surface area contributed by atoms with Crippen LogP contribution >= 0.6 is 0 Å². The molecule has 0 spiro atoms. The number of rotatable bonds is 6. The molecule has 0 aromatic rings. The van der Waals surface area contributed by atoms with E-state index in [1.807, 2.05) is 0 Å². The van der Waals surface area contributed by atoms with Crippen molar-refractivity contribution < 1.29 is 9.90 Å². The molecule has 0 fully saturated rings. The maximum Gasteiger partial charge on any atom is 0.237 e. The van der Waals surface area contributed by atoms with Crippen LogP contribution in [0.5, 0.6) is 0 Å². The SMILES string of the molecule is CCCCCC(O)[C@H](N)C(N)=O. The van der Waals surface area contributed by atoms with E-state index in [4.69, 9.17) is 11.5 Å². The van der Waals surface area contributed by atoms with Crippen molar-refractivity contribution in [2.75, 3.05) is 0 Å². The smallest absolute Gasteiger partial charge is 0.237 e. The van der Waals surface area contributed by atoms with Crippen molar-refractivity contribution in [1.82, 2.24) is 0 Å². The fraction of sp³-hybridized carbons (Fsp3) is 0.875. The Morgan fingerprint density at radius 3 is 2.50 bits per heavy atom. The van der Waals surface area contributed by atoms with Gasteiger partial charge in [-0.05, 0) is 6.42 Å². The van der Waals surface area contributed by atoms with Gasteiger partial charge < -0.3 is 16.6 Å². The van der Waals surface area contributed by atoms with E-state index in [0.29, 0.717) is 6.42 Å². The molecule has 0 aliphatic heterocycles. The molecule has 0 aliphatic rings. The monoisotopic (exact) mass is 174 g/mol. The Bertz CT molecular complexity index is 139. The van der Waals surface area contributed by atoms with E-state index < -0.39 is 18.1 Å². The zero-order valence-corrected chi connectivity index (χ0v) is 7.49. The Kier molecular flexibility index (Phi) is 5.66. The number of nitrogens with two attached hydrogens (primary N) is 2. The topological polar surface area (TPSA) is 89.3 Å². The number of aliphatic hydroxyl groups is 1. The van der Waals surface area contributed by atoms with Gasteiger partial charge in [0.05, 0.1) is 6.10 Å². The van der Waals surface area contributed by atoms with E-state index in [2.05, 4.69) is 6.92 Å². The molecule has 0 aromatic carbocycles. The van der Waals surface area contributed by atoms with Crippen LogP contribution in [0.1, 0.15) is 32.6 Å². The molecule has 12 heavy (non-hydrogen) atoms. The molecule has 0 rings (SSSR count). The highest BCUT2D eigenvalue weighted by Crippen LogP contribution is 2.05. The maximum absolute atomic E-state index is 10.5. The maximum atomic E-state index is 10.5. The lowest BCUT2D eigenvalue weighted by molar-refractivity contribution is -0.121. The number of carbonyl (C=O) groups excluding carboxylic acids is 1. The highest BCUT2D eigenvalue weighted by atomic mass is 16.3. The first-order valence-electron chi connectivity index (χ1n) is 4.32. The van der Waals surface area contributed by atoms with Crippen molar-refractivity contribution >= 4 is 5.91 Å². The fourth-order valence-corrected chi connectivity index (χ4v) is 0.973. The molecule has 0 aromatic heterocycles. The lowest BCUT2D eigenvalue weighted by Gasteiger charge is -2.14. The first-order chi connectivity index (χ1) is 5.59. The molecule has 0 saturated carbocycles. The van der Waals surface area contributed by atoms with Crippen LogP contribution in [-0.4, -0.2) is 23.2 Å². The van der Waals surface area contributed by atoms with Gasteiger partial charge in [0.25, 0.3) is 0 Å². The van der Waals surface area contributed by atoms with Crippen LogP contribution in [0.15, 0.2) is 0 Å². The third-order valence-electron chi connectivity index (χ3n) is 1.85. The zero-order chi connectivity index (χ0) is 9.56. The van der Waals surface area contributed by atoms with Crippen LogP contribution in [0.2, 0.25) is 0 Å². The van der Waals surface area contributed by atoms with Crippen LogP contribution in [0.25, 0.3) is 0 Å². The van der Waals surface area contributed by atoms with Crippen molar-refractivity contribution in [1.29, 1.82) is 0 Å². The summed E-state index contributed by atoms with van der Waals surface area (Å²) in [4.78, 5) is 10.5. The molecule has 0 heterocycles. The Labute approximate surface area is 72.9 Å². The number of hydrogen-bond acceptors (Lipinski definition) is 3. The molecule has 0 saturated heterocycles. The second kappa shape index (κ2) is 5.97. The standard InChI is InChI=1S/C8H18N2O2/c1-2-3-4-5-6(11)7(9)8(10)12/h6-7,11H,2-5,9H2,1H3,(H2,10,12)/t6?,7-/m0/s1. The molecular weight excluding hydrogens is 156 g/mol. The minimum Gasteiger partial charge on any atom is -0.391 e. The van der Waals surface area contributed by atoms with Crippen molar-refractivity contribution in [3.8, 4) is 0 Å². The zero-order valence-electron chi connectivity index (χ0n) is 7.49. The molecule has 72 valence electrons. The van der Waals surface area contributed by atoms with Gasteiger partial charge >= 0.3 is 0 Å². The van der Waals surface area contributed by atoms with Gasteiger partial charge in [-0.1, -0.05) is 26.2 Å². The second-order valence-electron chi connectivity index (χ2n) is 2.99. The van der Waals surface area contributed by atoms with Crippen molar-refractivity contribution in [3.05, 3.63) is 0 Å². The lowest BCUT2D eigenvalue weighted by Crippen LogP contribution is -2.45. The molecule has 1 unspecified atom stereocenters. The molecule has 1 amide bonds. The Balaban J connectivity index is 3.56. The van der Waals surface area contributed by atoms with Crippen LogP contribution in [0, 0.1) is 0 Å². The first kappa shape index (κ1) is 11.4. The normalized spacial score (nSPS) is 15.6. The Morgan fingerprint density at radius 1 is 1.50 bits per heavy atom. The molecule has 0 radical (unpaired) electrons. The summed E-state index contributed by atoms with van der Waals surface area (Å²) in [5.74, 6) is -0.640. The molecule has 5 N–H and O–H groups in total. The van der Waals surface area contributed by atoms with Crippen molar-refractivity contribution in [2.45, 2.75) is 44.8 Å². The fourth-order valence-electron chi connectivity index (χ4n) is 0.973. The molecule has 4 heteroatoms. The van der Waals surface area contributed by atoms with Crippen LogP contribution in [0.3, 0.4) is 0 Å². The molecule has 0 bridgehead atoms. The predicted octanol–water partition coefficient (Wildman–Crippen LogP) is -0.260. The van der Waals surface area contributed by atoms with E-state index in [-0.39, 0.29) is 0 Å². The summed E-state index contributed by atoms with van der Waals surface area (Å²) in [5.41, 5.74) is 10.2. The minimum atomic E-state index is -0.915. The second-order valence-corrected chi connectivity index (χ2v) is 2.99. The van der Waals surface area contributed by atoms with Gasteiger partial charge in [0.15, 0.2) is 0 Å². The summed E-state index contributed by atoms with van der Waals surface area (Å²) >= 11 is 0. The summed E-state index contributed by atoms with van der Waals surface area (Å²) in [6, 6.07) is -0.915. The number of amides is 1. The number of carbonyl (C=O) groups is 1. The largest absolute Gasteiger partial charge is 0.391 e. The number of primary amides is 1. The van der Waals surface area contributed by atoms with E-state index in [9.17, 15) is 9.90 Å². The van der Waals surface area contributed by atoms with Gasteiger partial charge in [-0.3, -0.25) is 4.79 Å². The lowest BCUT2D eigenvalue weighted by atomic mass is 10.0. The number of hydrogen-bond donors (Lipinski definition) is 3. The van der Waals surface area contributed by atoms with E-state index in [1.165, 1.54) is 0 Å². The average molecular weight is 174 g/mol. The van der Waals surface area contributed by atoms with Gasteiger partial charge in [0, 0.05) is 0 Å². The van der Waals surface area contributed by atoms with Crippen molar-refractivity contribution in [3.63, 3.8) is 0 Å². The Hall–Kier alpha value is -0.610. The summed E-state index contributed by atoms with van der Waals surface area (Å²) in [5, 5.41) is 9.29. The highest BCUT2D eigenvalue weighted by Gasteiger charge is 2.18. The van der Waals surface area contributed by atoms with E-state index in [0.717, 1.165) is 19.3 Å². The van der Waals surface area contributed by atoms with Crippen LogP contribution in [0.4, 0.5) is 0 Å². The molecule has 2 atom stereocenters. The van der Waals surface area contributed by atoms with Crippen LogP contribution in [-0.2, 0) is 4.79 Å². The minimum absolute atomic E-state index is 0.554. The third-order valence-corrected chi connectivity index (χ3v) is 1.85. The van der Waals surface area contributed by atoms with Gasteiger partial charge in [-0.15, -0.1) is 0 Å². The van der Waals surface area contributed by atoms with Gasteiger partial charge in [0.2, 0.25) is 5.91 Å². The van der Waals surface area contributed by atoms with Gasteiger partial charge in [-0.2, -0.15) is 0 Å². The predicted molar refractivity (Wildman–Crippen MR) is 47.3 cm³/mol. The van der Waals surface area contributed by atoms with Crippen LogP contribution < -0.4 is 11.5 Å². The number of unbranched alkanes of at least 4 members (excludes halogenated alkanes) is 2. The first-order valence-corrected chi connectivity index (χ1v) is 4.32. The summed E-state index contributed by atoms with van der Waals surface area (Å²) < 4.78 is 0. The van der Waals surface area contributed by atoms with Gasteiger partial charge in [0.1, 0.15) is 6.04 Å². The average Bonchev–Trinajstić information content (AvgIpc) is 2.03. The number of aliphatic hydroxyl groups excluding tert-OH is 1. The molecule has 0 aliphatic carbocycles. The third kappa shape index (κ3) is 4.31. The summed E-state index contributed by atoms with van der Waals surface area (Å²) in [6.07, 6.45) is 2.78.